The van der Waals surface area contributed by atoms with Crippen molar-refractivity contribution in [3.63, 3.8) is 0 Å². The monoisotopic (exact) mass is 749 g/mol. The number of hydrogen-bond donors (Lipinski definition) is 0. The summed E-state index contributed by atoms with van der Waals surface area (Å²) in [5.41, 5.74) is 18.5. The van der Waals surface area contributed by atoms with Crippen molar-refractivity contribution >= 4 is 38.6 Å². The molecule has 1 nitrogen and oxygen atoms in total. The van der Waals surface area contributed by atoms with Gasteiger partial charge in [-0.1, -0.05) is 194 Å². The van der Waals surface area contributed by atoms with Gasteiger partial charge >= 0.3 is 0 Å². The highest BCUT2D eigenvalue weighted by atomic mass is 15.2. The van der Waals surface area contributed by atoms with Crippen LogP contribution in [0, 0.1) is 0 Å². The summed E-state index contributed by atoms with van der Waals surface area (Å²) in [6.07, 6.45) is 0.872. The number of benzene rings is 10. The summed E-state index contributed by atoms with van der Waals surface area (Å²) in [4.78, 5) is 2.47. The van der Waals surface area contributed by atoms with Crippen LogP contribution < -0.4 is 4.90 Å². The lowest BCUT2D eigenvalue weighted by atomic mass is 9.63. The lowest BCUT2D eigenvalue weighted by Crippen LogP contribution is -2.36. The van der Waals surface area contributed by atoms with Crippen LogP contribution in [0.15, 0.2) is 224 Å². The van der Waals surface area contributed by atoms with E-state index in [-0.39, 0.29) is 0 Å². The second-order valence-corrected chi connectivity index (χ2v) is 16.0. The quantitative estimate of drug-likeness (QED) is 0.158. The zero-order chi connectivity index (χ0) is 38.9. The lowest BCUT2D eigenvalue weighted by Gasteiger charge is -2.45. The van der Waals surface area contributed by atoms with Gasteiger partial charge in [-0.05, 0) is 125 Å². The molecule has 1 spiro atoms. The average Bonchev–Trinajstić information content (AvgIpc) is 3.61. The molecule has 2 aliphatic rings. The van der Waals surface area contributed by atoms with Gasteiger partial charge in [-0.15, -0.1) is 0 Å². The van der Waals surface area contributed by atoms with E-state index in [4.69, 9.17) is 0 Å². The van der Waals surface area contributed by atoms with Gasteiger partial charge in [0.25, 0.3) is 0 Å². The first-order valence-corrected chi connectivity index (χ1v) is 20.6. The van der Waals surface area contributed by atoms with Crippen LogP contribution in [-0.2, 0) is 11.8 Å². The molecular formula is C58H39N. The highest BCUT2D eigenvalue weighted by Crippen LogP contribution is 2.66. The minimum absolute atomic E-state index is 0.582. The van der Waals surface area contributed by atoms with E-state index in [2.05, 4.69) is 229 Å². The largest absolute Gasteiger partial charge is 0.310 e. The first-order chi connectivity index (χ1) is 29.3. The number of hydrogen-bond acceptors (Lipinski definition) is 1. The standard InChI is InChI=1S/C58H39N/c1-3-17-41(18-4-1)42-32-30-39(31-33-42)36-40-16-15-19-43(37-40)44-34-35-50-53(38-44)58(57-49-25-10-8-23-47(49)46-22-7-9-24-48(46)56(50)57)51-26-11-13-28-54(51)59(45-20-5-2-6-21-45)55-29-14-12-27-52(55)58/h1-35,37-38H,36H2. The molecule has 10 aromatic carbocycles. The van der Waals surface area contributed by atoms with E-state index in [1.807, 2.05) is 0 Å². The fourth-order valence-corrected chi connectivity index (χ4v) is 10.4. The van der Waals surface area contributed by atoms with E-state index in [1.165, 1.54) is 99.7 Å². The van der Waals surface area contributed by atoms with Gasteiger partial charge in [-0.25, -0.2) is 0 Å². The molecule has 0 N–H and O–H groups in total. The summed E-state index contributed by atoms with van der Waals surface area (Å²) < 4.78 is 0. The van der Waals surface area contributed by atoms with Crippen molar-refractivity contribution in [1.82, 2.24) is 0 Å². The topological polar surface area (TPSA) is 3.24 Å². The molecule has 0 saturated heterocycles. The molecule has 276 valence electrons. The minimum atomic E-state index is -0.582. The highest BCUT2D eigenvalue weighted by Gasteiger charge is 2.53. The number of nitrogens with zero attached hydrogens (tertiary/aromatic N) is 1. The Hall–Kier alpha value is -7.48. The second kappa shape index (κ2) is 13.3. The van der Waals surface area contributed by atoms with Gasteiger partial charge in [0.15, 0.2) is 0 Å². The van der Waals surface area contributed by atoms with Gasteiger partial charge in [-0.2, -0.15) is 0 Å². The van der Waals surface area contributed by atoms with Crippen LogP contribution >= 0.6 is 0 Å². The molecule has 0 aromatic heterocycles. The van der Waals surface area contributed by atoms with Gasteiger partial charge in [0.2, 0.25) is 0 Å². The zero-order valence-corrected chi connectivity index (χ0v) is 32.5. The third kappa shape index (κ3) is 5.05. The highest BCUT2D eigenvalue weighted by molar-refractivity contribution is 6.20. The van der Waals surface area contributed by atoms with Gasteiger partial charge in [0, 0.05) is 5.69 Å². The third-order valence-electron chi connectivity index (χ3n) is 12.8. The van der Waals surface area contributed by atoms with Crippen LogP contribution in [0.1, 0.15) is 33.4 Å². The summed E-state index contributed by atoms with van der Waals surface area (Å²) in [7, 11) is 0. The van der Waals surface area contributed by atoms with E-state index in [0.29, 0.717) is 0 Å². The Morgan fingerprint density at radius 1 is 0.339 bits per heavy atom. The SMILES string of the molecule is c1ccc(-c2ccc(Cc3cccc(-c4ccc5c(c4)C4(c6ccccc6N(c6ccccc6)c6ccccc64)c4c-5c5ccccc5c5ccccc45)c3)cc2)cc1. The first-order valence-electron chi connectivity index (χ1n) is 20.6. The summed E-state index contributed by atoms with van der Waals surface area (Å²) in [6, 6.07) is 83.4. The van der Waals surface area contributed by atoms with Crippen LogP contribution in [0.25, 0.3) is 54.9 Å². The van der Waals surface area contributed by atoms with Crippen molar-refractivity contribution in [1.29, 1.82) is 0 Å². The second-order valence-electron chi connectivity index (χ2n) is 16.0. The lowest BCUT2D eigenvalue weighted by molar-refractivity contribution is 0.759. The molecule has 0 amide bonds. The Bertz CT molecular complexity index is 3190. The molecule has 12 rings (SSSR count). The van der Waals surface area contributed by atoms with Crippen LogP contribution in [0.2, 0.25) is 0 Å². The number of rotatable bonds is 5. The van der Waals surface area contributed by atoms with Crippen molar-refractivity contribution < 1.29 is 0 Å². The molecule has 0 saturated carbocycles. The molecule has 0 radical (unpaired) electrons. The maximum absolute atomic E-state index is 2.53. The van der Waals surface area contributed by atoms with Crippen molar-refractivity contribution in [3.8, 4) is 33.4 Å². The molecule has 0 atom stereocenters. The maximum Gasteiger partial charge on any atom is 0.0760 e. The van der Waals surface area contributed by atoms with E-state index < -0.39 is 5.41 Å². The van der Waals surface area contributed by atoms with Gasteiger partial charge < -0.3 is 4.90 Å². The van der Waals surface area contributed by atoms with Crippen LogP contribution in [0.3, 0.4) is 0 Å². The molecule has 0 bridgehead atoms. The third-order valence-corrected chi connectivity index (χ3v) is 12.8. The fourth-order valence-electron chi connectivity index (χ4n) is 10.4. The maximum atomic E-state index is 2.53. The molecule has 10 aromatic rings. The van der Waals surface area contributed by atoms with Crippen LogP contribution in [0.5, 0.6) is 0 Å². The van der Waals surface area contributed by atoms with Gasteiger partial charge in [-0.3, -0.25) is 0 Å². The summed E-state index contributed by atoms with van der Waals surface area (Å²) in [5, 5.41) is 5.19. The van der Waals surface area contributed by atoms with E-state index in [0.717, 1.165) is 12.1 Å². The Balaban J connectivity index is 1.09. The number of para-hydroxylation sites is 3. The first kappa shape index (κ1) is 33.6. The Morgan fingerprint density at radius 2 is 0.864 bits per heavy atom. The molecule has 1 aliphatic carbocycles. The Labute approximate surface area is 345 Å². The summed E-state index contributed by atoms with van der Waals surface area (Å²) >= 11 is 0. The van der Waals surface area contributed by atoms with Crippen molar-refractivity contribution in [2.75, 3.05) is 4.90 Å². The van der Waals surface area contributed by atoms with Crippen LogP contribution in [0.4, 0.5) is 17.1 Å². The van der Waals surface area contributed by atoms with Crippen LogP contribution in [-0.4, -0.2) is 0 Å². The van der Waals surface area contributed by atoms with Gasteiger partial charge in [0.1, 0.15) is 0 Å². The molecule has 59 heavy (non-hydrogen) atoms. The summed E-state index contributed by atoms with van der Waals surface area (Å²) in [6.45, 7) is 0. The van der Waals surface area contributed by atoms with Crippen molar-refractivity contribution in [2.24, 2.45) is 0 Å². The predicted octanol–water partition coefficient (Wildman–Crippen LogP) is 15.1. The average molecular weight is 750 g/mol. The van der Waals surface area contributed by atoms with E-state index in [1.54, 1.807) is 0 Å². The number of anilines is 3. The molecule has 1 heterocycles. The van der Waals surface area contributed by atoms with Crippen molar-refractivity contribution in [2.45, 2.75) is 11.8 Å². The summed E-state index contributed by atoms with van der Waals surface area (Å²) in [5.74, 6) is 0. The fraction of sp³-hybridized carbons (Fsp3) is 0.0345. The molecule has 0 unspecified atom stereocenters. The molecule has 1 aliphatic heterocycles. The van der Waals surface area contributed by atoms with E-state index in [9.17, 15) is 0 Å². The Morgan fingerprint density at radius 3 is 1.58 bits per heavy atom. The normalized spacial score (nSPS) is 13.3. The predicted molar refractivity (Wildman–Crippen MR) is 247 cm³/mol. The molecule has 0 fully saturated rings. The smallest absolute Gasteiger partial charge is 0.0760 e. The zero-order valence-electron chi connectivity index (χ0n) is 32.5. The Kier molecular flexibility index (Phi) is 7.58. The number of fused-ring (bicyclic) bond motifs is 14. The molecule has 1 heteroatoms. The van der Waals surface area contributed by atoms with Gasteiger partial charge in [0.05, 0.1) is 16.8 Å². The molecular weight excluding hydrogens is 711 g/mol. The van der Waals surface area contributed by atoms with E-state index >= 15 is 0 Å². The van der Waals surface area contributed by atoms with Crippen molar-refractivity contribution in [3.05, 3.63) is 258 Å². The minimum Gasteiger partial charge on any atom is -0.310 e.